The fraction of sp³-hybridized carbons (Fsp3) is 0.111. The lowest BCUT2D eigenvalue weighted by Gasteiger charge is -2.13. The Bertz CT molecular complexity index is 1370. The average molecular weight is 441 g/mol. The van der Waals surface area contributed by atoms with E-state index in [1.54, 1.807) is 54.0 Å². The number of hydrogen-bond acceptors (Lipinski definition) is 3. The van der Waals surface area contributed by atoms with E-state index in [2.05, 4.69) is 11.2 Å². The minimum atomic E-state index is -0.370. The zero-order chi connectivity index (χ0) is 23.4. The number of aromatic nitrogens is 1. The van der Waals surface area contributed by atoms with Gasteiger partial charge in [-0.1, -0.05) is 35.5 Å². The summed E-state index contributed by atoms with van der Waals surface area (Å²) >= 11 is 0. The first-order valence-electron chi connectivity index (χ1n) is 10.4. The number of rotatable bonds is 6. The quantitative estimate of drug-likeness (QED) is 0.252. The van der Waals surface area contributed by atoms with Gasteiger partial charge in [0.05, 0.1) is 28.7 Å². The fourth-order valence-corrected chi connectivity index (χ4v) is 3.75. The molecule has 0 spiro atoms. The summed E-state index contributed by atoms with van der Waals surface area (Å²) in [7, 11) is 0. The molecular formula is C27H21F2N3O. The number of benzene rings is 3. The Kier molecular flexibility index (Phi) is 6.32. The molecule has 0 radical (unpaired) electrons. The van der Waals surface area contributed by atoms with Crippen LogP contribution in [0.5, 0.6) is 0 Å². The number of nitriles is 1. The lowest BCUT2D eigenvalue weighted by molar-refractivity contribution is 0.130. The van der Waals surface area contributed by atoms with Gasteiger partial charge in [-0.25, -0.2) is 8.78 Å². The van der Waals surface area contributed by atoms with Gasteiger partial charge in [-0.3, -0.25) is 0 Å². The van der Waals surface area contributed by atoms with Crippen molar-refractivity contribution in [1.82, 2.24) is 4.57 Å². The van der Waals surface area contributed by atoms with Gasteiger partial charge in [-0.15, -0.1) is 0 Å². The summed E-state index contributed by atoms with van der Waals surface area (Å²) in [6.45, 7) is 3.83. The molecule has 0 aliphatic heterocycles. The molecule has 0 N–H and O–H groups in total. The molecule has 1 heterocycles. The zero-order valence-electron chi connectivity index (χ0n) is 18.2. The van der Waals surface area contributed by atoms with E-state index in [-0.39, 0.29) is 18.2 Å². The number of halogens is 2. The van der Waals surface area contributed by atoms with Crippen molar-refractivity contribution in [2.75, 3.05) is 0 Å². The molecule has 6 heteroatoms. The summed E-state index contributed by atoms with van der Waals surface area (Å²) in [4.78, 5) is 5.54. The summed E-state index contributed by atoms with van der Waals surface area (Å²) in [6.07, 6.45) is 0. The van der Waals surface area contributed by atoms with Gasteiger partial charge in [0.15, 0.2) is 0 Å². The largest absolute Gasteiger partial charge is 0.391 e. The highest BCUT2D eigenvalue weighted by molar-refractivity contribution is 6.01. The van der Waals surface area contributed by atoms with Gasteiger partial charge in [0.25, 0.3) is 0 Å². The van der Waals surface area contributed by atoms with E-state index in [1.807, 2.05) is 25.1 Å². The second kappa shape index (κ2) is 9.49. The Morgan fingerprint density at radius 2 is 1.70 bits per heavy atom. The van der Waals surface area contributed by atoms with Crippen LogP contribution < -0.4 is 0 Å². The molecule has 4 rings (SSSR count). The molecule has 0 unspecified atom stereocenters. The molecule has 3 aromatic carbocycles. The van der Waals surface area contributed by atoms with Crippen molar-refractivity contribution in [3.8, 4) is 23.0 Å². The first-order valence-corrected chi connectivity index (χ1v) is 10.4. The lowest BCUT2D eigenvalue weighted by Crippen LogP contribution is -2.04. The van der Waals surface area contributed by atoms with E-state index in [0.29, 0.717) is 22.7 Å². The molecule has 0 atom stereocenters. The van der Waals surface area contributed by atoms with Crippen molar-refractivity contribution >= 4 is 5.71 Å². The van der Waals surface area contributed by atoms with E-state index in [0.717, 1.165) is 22.4 Å². The van der Waals surface area contributed by atoms with Gasteiger partial charge in [0.2, 0.25) is 0 Å². The highest BCUT2D eigenvalue weighted by Crippen LogP contribution is 2.31. The third-order valence-corrected chi connectivity index (χ3v) is 5.43. The maximum absolute atomic E-state index is 14.7. The van der Waals surface area contributed by atoms with Crippen molar-refractivity contribution in [2.24, 2.45) is 5.16 Å². The maximum Gasteiger partial charge on any atom is 0.147 e. The SMILES string of the molecule is C/C(=N/OCc1ccccc1C#N)c1cc(-c2ccc(F)cc2)n(-c2ccccc2F)c1C. The van der Waals surface area contributed by atoms with Crippen LogP contribution in [0, 0.1) is 29.9 Å². The summed E-state index contributed by atoms with van der Waals surface area (Å²) in [5.41, 5.74) is 5.24. The van der Waals surface area contributed by atoms with Crippen LogP contribution in [0.15, 0.2) is 84.0 Å². The molecule has 4 nitrogen and oxygen atoms in total. The monoisotopic (exact) mass is 441 g/mol. The van der Waals surface area contributed by atoms with Crippen molar-refractivity contribution in [1.29, 1.82) is 5.26 Å². The van der Waals surface area contributed by atoms with Gasteiger partial charge < -0.3 is 9.40 Å². The van der Waals surface area contributed by atoms with Gasteiger partial charge >= 0.3 is 0 Å². The van der Waals surface area contributed by atoms with E-state index < -0.39 is 0 Å². The standard InChI is InChI=1S/C27H21F2N3O/c1-18(31-33-17-22-8-4-3-7-21(22)16-30)24-15-27(20-11-13-23(28)14-12-20)32(19(24)2)26-10-6-5-9-25(26)29/h3-15H,17H2,1-2H3/b31-18-. The predicted octanol–water partition coefficient (Wildman–Crippen LogP) is 6.54. The topological polar surface area (TPSA) is 50.3 Å². The van der Waals surface area contributed by atoms with Crippen LogP contribution in [-0.2, 0) is 11.4 Å². The summed E-state index contributed by atoms with van der Waals surface area (Å²) in [6, 6.07) is 23.8. The minimum Gasteiger partial charge on any atom is -0.391 e. The molecule has 33 heavy (non-hydrogen) atoms. The van der Waals surface area contributed by atoms with Gasteiger partial charge in [-0.05, 0) is 67.9 Å². The Morgan fingerprint density at radius 3 is 2.42 bits per heavy atom. The van der Waals surface area contributed by atoms with Crippen LogP contribution in [0.25, 0.3) is 16.9 Å². The highest BCUT2D eigenvalue weighted by Gasteiger charge is 2.19. The third-order valence-electron chi connectivity index (χ3n) is 5.43. The molecule has 4 aromatic rings. The van der Waals surface area contributed by atoms with Crippen LogP contribution in [0.3, 0.4) is 0 Å². The summed E-state index contributed by atoms with van der Waals surface area (Å²) in [5, 5.41) is 13.5. The maximum atomic E-state index is 14.7. The fourth-order valence-electron chi connectivity index (χ4n) is 3.75. The first kappa shape index (κ1) is 22.0. The second-order valence-corrected chi connectivity index (χ2v) is 7.54. The molecule has 0 fully saturated rings. The third kappa shape index (κ3) is 4.53. The first-order chi connectivity index (χ1) is 16.0. The lowest BCUT2D eigenvalue weighted by atomic mass is 10.1. The number of nitrogens with zero attached hydrogens (tertiary/aromatic N) is 3. The van der Waals surface area contributed by atoms with Crippen molar-refractivity contribution in [3.05, 3.63) is 113 Å². The molecule has 0 aliphatic carbocycles. The number of oxime groups is 1. The van der Waals surface area contributed by atoms with Crippen LogP contribution in [0.4, 0.5) is 8.78 Å². The van der Waals surface area contributed by atoms with E-state index in [1.165, 1.54) is 18.2 Å². The van der Waals surface area contributed by atoms with Crippen molar-refractivity contribution < 1.29 is 13.6 Å². The van der Waals surface area contributed by atoms with Gasteiger partial charge in [-0.2, -0.15) is 5.26 Å². The van der Waals surface area contributed by atoms with Crippen LogP contribution in [0.2, 0.25) is 0 Å². The van der Waals surface area contributed by atoms with Crippen LogP contribution >= 0.6 is 0 Å². The Balaban J connectivity index is 1.73. The molecular weight excluding hydrogens is 420 g/mol. The molecule has 0 aliphatic rings. The normalized spacial score (nSPS) is 11.3. The average Bonchev–Trinajstić information content (AvgIpc) is 3.17. The number of hydrogen-bond donors (Lipinski definition) is 0. The molecule has 0 saturated heterocycles. The van der Waals surface area contributed by atoms with Gasteiger partial charge in [0.1, 0.15) is 18.2 Å². The van der Waals surface area contributed by atoms with Crippen molar-refractivity contribution in [3.63, 3.8) is 0 Å². The summed E-state index contributed by atoms with van der Waals surface area (Å²) in [5.74, 6) is -0.714. The van der Waals surface area contributed by atoms with Crippen LogP contribution in [0.1, 0.15) is 29.3 Å². The van der Waals surface area contributed by atoms with Crippen molar-refractivity contribution in [2.45, 2.75) is 20.5 Å². The van der Waals surface area contributed by atoms with E-state index >= 15 is 0 Å². The Labute approximate surface area is 191 Å². The zero-order valence-corrected chi connectivity index (χ0v) is 18.2. The molecule has 0 bridgehead atoms. The minimum absolute atomic E-state index is 0.152. The number of para-hydroxylation sites is 1. The van der Waals surface area contributed by atoms with Gasteiger partial charge in [0, 0.05) is 16.8 Å². The molecule has 1 aromatic heterocycles. The smallest absolute Gasteiger partial charge is 0.147 e. The molecule has 164 valence electrons. The Hall–Kier alpha value is -4.24. The van der Waals surface area contributed by atoms with Crippen LogP contribution in [-0.4, -0.2) is 10.3 Å². The second-order valence-electron chi connectivity index (χ2n) is 7.54. The molecule has 0 amide bonds. The molecule has 0 saturated carbocycles. The predicted molar refractivity (Wildman–Crippen MR) is 124 cm³/mol. The summed E-state index contributed by atoms with van der Waals surface area (Å²) < 4.78 is 30.0. The Morgan fingerprint density at radius 1 is 1.00 bits per heavy atom. The highest BCUT2D eigenvalue weighted by atomic mass is 19.1. The van der Waals surface area contributed by atoms with E-state index in [9.17, 15) is 14.0 Å². The van der Waals surface area contributed by atoms with E-state index in [4.69, 9.17) is 4.84 Å².